The van der Waals surface area contributed by atoms with E-state index in [1.165, 1.54) is 24.5 Å². The van der Waals surface area contributed by atoms with Gasteiger partial charge in [-0.1, -0.05) is 0 Å². The number of anilines is 1. The molecule has 0 spiro atoms. The van der Waals surface area contributed by atoms with E-state index >= 15 is 0 Å². The van der Waals surface area contributed by atoms with Gasteiger partial charge in [-0.3, -0.25) is 9.71 Å². The zero-order chi connectivity index (χ0) is 9.03. The number of nitrogens with one attached hydrogen (secondary N) is 1. The monoisotopic (exact) mass is 190 g/mol. The van der Waals surface area contributed by atoms with Gasteiger partial charge in [0.1, 0.15) is 0 Å². The number of nitrogens with zero attached hydrogens (tertiary/aromatic N) is 1. The first-order chi connectivity index (χ1) is 5.64. The Hall–Kier alpha value is -1.17. The lowest BCUT2D eigenvalue weighted by molar-refractivity contribution is 0.538. The quantitative estimate of drug-likeness (QED) is 0.765. The minimum Gasteiger partial charge on any atom is -0.281 e. The highest BCUT2D eigenvalue weighted by Gasteiger charge is 2.07. The van der Waals surface area contributed by atoms with E-state index in [4.69, 9.17) is 0 Å². The van der Waals surface area contributed by atoms with E-state index < -0.39 is 16.0 Å². The average Bonchev–Trinajstić information content (AvgIpc) is 2.06. The summed E-state index contributed by atoms with van der Waals surface area (Å²) in [6.07, 6.45) is 2.83. The molecule has 0 fully saturated rings. The van der Waals surface area contributed by atoms with Crippen LogP contribution < -0.4 is 4.72 Å². The second-order valence-corrected chi connectivity index (χ2v) is 3.71. The molecule has 6 heteroatoms. The van der Waals surface area contributed by atoms with Gasteiger partial charge in [-0.2, -0.15) is 0 Å². The largest absolute Gasteiger partial charge is 0.281 e. The molecule has 0 amide bonds. The lowest BCUT2D eigenvalue weighted by Crippen LogP contribution is -2.13. The zero-order valence-corrected chi connectivity index (χ0v) is 6.88. The third kappa shape index (κ3) is 2.46. The van der Waals surface area contributed by atoms with Gasteiger partial charge in [0.05, 0.1) is 5.69 Å². The Balaban J connectivity index is 2.78. The molecule has 0 unspecified atom stereocenters. The van der Waals surface area contributed by atoms with Crippen LogP contribution in [0, 0.1) is 0 Å². The van der Waals surface area contributed by atoms with Gasteiger partial charge in [-0.15, -0.1) is 0 Å². The summed E-state index contributed by atoms with van der Waals surface area (Å²) in [4.78, 5) is 3.67. The molecule has 1 aromatic heterocycles. The maximum atomic E-state index is 11.8. The molecule has 66 valence electrons. The fraction of sp³-hybridized carbons (Fsp3) is 0.167. The number of hydrogen-bond donors (Lipinski definition) is 1. The van der Waals surface area contributed by atoms with Gasteiger partial charge < -0.3 is 0 Å². The third-order valence-electron chi connectivity index (χ3n) is 1.10. The summed E-state index contributed by atoms with van der Waals surface area (Å²) >= 11 is 0. The third-order valence-corrected chi connectivity index (χ3v) is 1.93. The number of rotatable bonds is 3. The summed E-state index contributed by atoms with van der Waals surface area (Å²) in [5.74, 6) is 0. The lowest BCUT2D eigenvalue weighted by Gasteiger charge is -2.02. The fourth-order valence-corrected chi connectivity index (χ4v) is 1.18. The Kier molecular flexibility index (Phi) is 2.59. The molecular formula is C6H7FN2O2S. The second kappa shape index (κ2) is 3.48. The average molecular weight is 190 g/mol. The van der Waals surface area contributed by atoms with Crippen LogP contribution in [-0.2, 0) is 10.0 Å². The highest BCUT2D eigenvalue weighted by molar-refractivity contribution is 7.92. The van der Waals surface area contributed by atoms with Crippen molar-refractivity contribution in [2.24, 2.45) is 0 Å². The molecule has 1 heterocycles. The summed E-state index contributed by atoms with van der Waals surface area (Å²) in [5.41, 5.74) is 0.308. The number of aromatic nitrogens is 1. The number of sulfonamides is 1. The van der Waals surface area contributed by atoms with Crippen molar-refractivity contribution in [1.82, 2.24) is 4.98 Å². The van der Waals surface area contributed by atoms with Crippen LogP contribution in [0.2, 0.25) is 0 Å². The molecule has 0 aromatic carbocycles. The number of hydrogen-bond acceptors (Lipinski definition) is 3. The molecule has 1 N–H and O–H groups in total. The van der Waals surface area contributed by atoms with Crippen molar-refractivity contribution in [2.75, 3.05) is 10.7 Å². The van der Waals surface area contributed by atoms with Crippen LogP contribution in [0.25, 0.3) is 0 Å². The Morgan fingerprint density at radius 3 is 2.50 bits per heavy atom. The van der Waals surface area contributed by atoms with E-state index in [0.29, 0.717) is 5.69 Å². The second-order valence-electron chi connectivity index (χ2n) is 2.06. The first kappa shape index (κ1) is 8.92. The van der Waals surface area contributed by atoms with Gasteiger partial charge in [0.25, 0.3) is 10.0 Å². The van der Waals surface area contributed by atoms with Crippen molar-refractivity contribution in [3.05, 3.63) is 24.5 Å². The topological polar surface area (TPSA) is 59.1 Å². The minimum atomic E-state index is -3.82. The van der Waals surface area contributed by atoms with Crippen molar-refractivity contribution in [1.29, 1.82) is 0 Å². The van der Waals surface area contributed by atoms with Gasteiger partial charge >= 0.3 is 0 Å². The SMILES string of the molecule is O=S(=O)(CF)Nc1ccncc1. The molecule has 0 aliphatic carbocycles. The van der Waals surface area contributed by atoms with E-state index in [-0.39, 0.29) is 0 Å². The lowest BCUT2D eigenvalue weighted by atomic mass is 10.4. The number of alkyl halides is 1. The van der Waals surface area contributed by atoms with Crippen LogP contribution in [0.4, 0.5) is 10.1 Å². The van der Waals surface area contributed by atoms with Crippen LogP contribution in [0.15, 0.2) is 24.5 Å². The van der Waals surface area contributed by atoms with E-state index in [0.717, 1.165) is 0 Å². The molecule has 0 radical (unpaired) electrons. The Morgan fingerprint density at radius 1 is 1.42 bits per heavy atom. The van der Waals surface area contributed by atoms with Gasteiger partial charge in [0.2, 0.25) is 6.01 Å². The Labute approximate surface area is 69.5 Å². The van der Waals surface area contributed by atoms with E-state index in [2.05, 4.69) is 4.98 Å². The maximum absolute atomic E-state index is 11.8. The van der Waals surface area contributed by atoms with Crippen LogP contribution in [0.1, 0.15) is 0 Å². The van der Waals surface area contributed by atoms with Crippen molar-refractivity contribution in [3.8, 4) is 0 Å². The molecule has 1 aromatic rings. The summed E-state index contributed by atoms with van der Waals surface area (Å²) < 4.78 is 35.1. The van der Waals surface area contributed by atoms with E-state index in [1.807, 2.05) is 4.72 Å². The molecule has 12 heavy (non-hydrogen) atoms. The standard InChI is InChI=1S/C6H7FN2O2S/c7-5-12(10,11)9-6-1-3-8-4-2-6/h1-4H,5H2,(H,8,9). The smallest absolute Gasteiger partial charge is 0.262 e. The minimum absolute atomic E-state index is 0.308. The highest BCUT2D eigenvalue weighted by atomic mass is 32.2. The van der Waals surface area contributed by atoms with Gasteiger partial charge in [0.15, 0.2) is 0 Å². The Morgan fingerprint density at radius 2 is 2.00 bits per heavy atom. The maximum Gasteiger partial charge on any atom is 0.262 e. The molecule has 1 rings (SSSR count). The highest BCUT2D eigenvalue weighted by Crippen LogP contribution is 2.06. The summed E-state index contributed by atoms with van der Waals surface area (Å²) in [7, 11) is -3.82. The van der Waals surface area contributed by atoms with Gasteiger partial charge in [0, 0.05) is 12.4 Å². The molecule has 0 saturated carbocycles. The normalized spacial score (nSPS) is 11.1. The molecule has 0 bridgehead atoms. The number of pyridine rings is 1. The summed E-state index contributed by atoms with van der Waals surface area (Å²) in [6.45, 7) is 0. The molecule has 0 aliphatic rings. The molecule has 0 aliphatic heterocycles. The van der Waals surface area contributed by atoms with E-state index in [9.17, 15) is 12.8 Å². The van der Waals surface area contributed by atoms with Crippen LogP contribution in [0.3, 0.4) is 0 Å². The first-order valence-electron chi connectivity index (χ1n) is 3.10. The van der Waals surface area contributed by atoms with Crippen molar-refractivity contribution < 1.29 is 12.8 Å². The Bertz CT molecular complexity index is 338. The molecule has 4 nitrogen and oxygen atoms in total. The van der Waals surface area contributed by atoms with Crippen molar-refractivity contribution in [3.63, 3.8) is 0 Å². The predicted molar refractivity (Wildman–Crippen MR) is 42.8 cm³/mol. The fourth-order valence-electron chi connectivity index (χ4n) is 0.627. The summed E-state index contributed by atoms with van der Waals surface area (Å²) in [6, 6.07) is 1.45. The van der Waals surface area contributed by atoms with Crippen LogP contribution in [-0.4, -0.2) is 19.4 Å². The van der Waals surface area contributed by atoms with Crippen molar-refractivity contribution in [2.45, 2.75) is 0 Å². The zero-order valence-electron chi connectivity index (χ0n) is 6.07. The molecule has 0 saturated heterocycles. The first-order valence-corrected chi connectivity index (χ1v) is 4.76. The molecular weight excluding hydrogens is 183 g/mol. The van der Waals surface area contributed by atoms with Crippen molar-refractivity contribution >= 4 is 15.7 Å². The van der Waals surface area contributed by atoms with Crippen LogP contribution >= 0.6 is 0 Å². The van der Waals surface area contributed by atoms with Gasteiger partial charge in [-0.05, 0) is 12.1 Å². The molecule has 0 atom stereocenters. The van der Waals surface area contributed by atoms with E-state index in [1.54, 1.807) is 0 Å². The summed E-state index contributed by atoms with van der Waals surface area (Å²) in [5, 5.41) is 0. The number of halogens is 1. The van der Waals surface area contributed by atoms with Gasteiger partial charge in [-0.25, -0.2) is 12.8 Å². The van der Waals surface area contributed by atoms with Crippen LogP contribution in [0.5, 0.6) is 0 Å². The predicted octanol–water partition coefficient (Wildman–Crippen LogP) is 0.750.